The molecular weight excluding hydrogens is 456 g/mol. The molecule has 2 heterocycles. The van der Waals surface area contributed by atoms with Crippen LogP contribution in [0.15, 0.2) is 67.3 Å². The van der Waals surface area contributed by atoms with Gasteiger partial charge >= 0.3 is 0 Å². The Bertz CT molecular complexity index is 1100. The molecule has 1 fully saturated rings. The van der Waals surface area contributed by atoms with Crippen molar-refractivity contribution < 1.29 is 19.4 Å². The van der Waals surface area contributed by atoms with Gasteiger partial charge in [0.2, 0.25) is 5.91 Å². The van der Waals surface area contributed by atoms with Gasteiger partial charge < -0.3 is 24.0 Å². The second-order valence-corrected chi connectivity index (χ2v) is 9.63. The van der Waals surface area contributed by atoms with E-state index in [-0.39, 0.29) is 19.1 Å². The van der Waals surface area contributed by atoms with Crippen LogP contribution < -0.4 is 9.47 Å². The summed E-state index contributed by atoms with van der Waals surface area (Å²) in [5, 5.41) is 11.5. The van der Waals surface area contributed by atoms with Gasteiger partial charge in [0.25, 0.3) is 0 Å². The summed E-state index contributed by atoms with van der Waals surface area (Å²) < 4.78 is 14.0. The fourth-order valence-electron chi connectivity index (χ4n) is 4.44. The van der Waals surface area contributed by atoms with Crippen molar-refractivity contribution >= 4 is 5.91 Å². The molecule has 0 radical (unpaired) electrons. The molecule has 0 aliphatic carbocycles. The number of hydrogen-bond donors (Lipinski definition) is 1. The summed E-state index contributed by atoms with van der Waals surface area (Å²) in [4.78, 5) is 20.1. The van der Waals surface area contributed by atoms with Crippen LogP contribution in [0.5, 0.6) is 11.5 Å². The maximum atomic E-state index is 12.2. The van der Waals surface area contributed by atoms with E-state index in [0.29, 0.717) is 38.5 Å². The Morgan fingerprint density at radius 3 is 2.67 bits per heavy atom. The number of aryl methyl sites for hydroxylation is 2. The molecule has 0 saturated carbocycles. The molecule has 2 aromatic carbocycles. The van der Waals surface area contributed by atoms with Gasteiger partial charge in [0.1, 0.15) is 23.7 Å². The molecule has 1 saturated heterocycles. The highest BCUT2D eigenvalue weighted by Gasteiger charge is 2.36. The number of aliphatic hydroxyl groups is 1. The first-order chi connectivity index (χ1) is 17.4. The third kappa shape index (κ3) is 7.57. The lowest BCUT2D eigenvalue weighted by molar-refractivity contribution is -0.132. The quantitative estimate of drug-likeness (QED) is 0.438. The lowest BCUT2D eigenvalue weighted by Gasteiger charge is -2.32. The summed E-state index contributed by atoms with van der Waals surface area (Å²) in [6.45, 7) is 7.68. The molecule has 0 bridgehead atoms. The zero-order valence-electron chi connectivity index (χ0n) is 21.2. The summed E-state index contributed by atoms with van der Waals surface area (Å²) in [5.41, 5.74) is 1.06. The lowest BCUT2D eigenvalue weighted by atomic mass is 10.0. The summed E-state index contributed by atoms with van der Waals surface area (Å²) >= 11 is 0. The number of benzene rings is 2. The SMILES string of the molecule is CC(=O)N1CCN(Cc2cccc(OCCCn3ccnc3)c2)C[C@@](O)(COc2ccc(C)cc2)C1. The van der Waals surface area contributed by atoms with Crippen molar-refractivity contribution in [1.82, 2.24) is 19.4 Å². The van der Waals surface area contributed by atoms with Gasteiger partial charge in [-0.25, -0.2) is 4.98 Å². The van der Waals surface area contributed by atoms with Gasteiger partial charge in [-0.2, -0.15) is 0 Å². The van der Waals surface area contributed by atoms with Crippen molar-refractivity contribution in [3.05, 3.63) is 78.4 Å². The number of carbonyl (C=O) groups excluding carboxylic acids is 1. The fraction of sp³-hybridized carbons (Fsp3) is 0.429. The van der Waals surface area contributed by atoms with Crippen LogP contribution in [0.4, 0.5) is 0 Å². The number of nitrogens with zero attached hydrogens (tertiary/aromatic N) is 4. The molecule has 1 aromatic heterocycles. The molecule has 1 aliphatic rings. The van der Waals surface area contributed by atoms with Crippen LogP contribution in [0.3, 0.4) is 0 Å². The second kappa shape index (κ2) is 12.1. The van der Waals surface area contributed by atoms with Gasteiger partial charge in [-0.15, -0.1) is 0 Å². The number of amides is 1. The van der Waals surface area contributed by atoms with Crippen LogP contribution in [0.2, 0.25) is 0 Å². The predicted molar refractivity (Wildman–Crippen MR) is 138 cm³/mol. The number of carbonyl (C=O) groups is 1. The molecule has 8 nitrogen and oxygen atoms in total. The van der Waals surface area contributed by atoms with Crippen molar-refractivity contribution in [1.29, 1.82) is 0 Å². The standard InChI is InChI=1S/C28H36N4O4/c1-23-7-9-26(10-8-23)36-21-28(34)19-31(14-15-32(20-28)24(2)33)18-25-5-3-6-27(17-25)35-16-4-12-30-13-11-29-22-30/h3,5-11,13,17,22,34H,4,12,14-16,18-21H2,1-2H3/t28-/m0/s1. The maximum Gasteiger partial charge on any atom is 0.219 e. The molecule has 4 rings (SSSR count). The Kier molecular flexibility index (Phi) is 8.61. The van der Waals surface area contributed by atoms with E-state index in [1.165, 1.54) is 0 Å². The zero-order chi connectivity index (χ0) is 25.4. The van der Waals surface area contributed by atoms with E-state index < -0.39 is 5.60 Å². The summed E-state index contributed by atoms with van der Waals surface area (Å²) in [6.07, 6.45) is 6.42. The van der Waals surface area contributed by atoms with Gasteiger partial charge in [0.05, 0.1) is 19.5 Å². The maximum absolute atomic E-state index is 12.2. The predicted octanol–water partition coefficient (Wildman–Crippen LogP) is 3.13. The van der Waals surface area contributed by atoms with E-state index in [2.05, 4.69) is 16.0 Å². The smallest absolute Gasteiger partial charge is 0.219 e. The van der Waals surface area contributed by atoms with Crippen LogP contribution in [0.25, 0.3) is 0 Å². The summed E-state index contributed by atoms with van der Waals surface area (Å²) in [7, 11) is 0. The highest BCUT2D eigenvalue weighted by atomic mass is 16.5. The largest absolute Gasteiger partial charge is 0.494 e. The number of β-amino-alcohol motifs (C(OH)–C–C–N with tert-alkyl or cyclic N) is 1. The molecule has 0 spiro atoms. The minimum Gasteiger partial charge on any atom is -0.494 e. The van der Waals surface area contributed by atoms with E-state index >= 15 is 0 Å². The molecule has 1 aliphatic heterocycles. The first kappa shape index (κ1) is 25.7. The first-order valence-electron chi connectivity index (χ1n) is 12.5. The lowest BCUT2D eigenvalue weighted by Crippen LogP contribution is -2.51. The van der Waals surface area contributed by atoms with Gasteiger partial charge in [0, 0.05) is 52.0 Å². The van der Waals surface area contributed by atoms with Crippen LogP contribution >= 0.6 is 0 Å². The minimum atomic E-state index is -1.19. The van der Waals surface area contributed by atoms with Gasteiger partial charge in [-0.05, 0) is 43.2 Å². The van der Waals surface area contributed by atoms with Crippen molar-refractivity contribution in [3.63, 3.8) is 0 Å². The topological polar surface area (TPSA) is 80.1 Å². The van der Waals surface area contributed by atoms with E-state index in [4.69, 9.17) is 9.47 Å². The molecule has 3 aromatic rings. The number of imidazole rings is 1. The van der Waals surface area contributed by atoms with Crippen LogP contribution in [-0.2, 0) is 17.9 Å². The molecule has 0 unspecified atom stereocenters. The number of ether oxygens (including phenoxy) is 2. The van der Waals surface area contributed by atoms with Gasteiger partial charge in [-0.1, -0.05) is 29.8 Å². The Morgan fingerprint density at radius 1 is 1.08 bits per heavy atom. The second-order valence-electron chi connectivity index (χ2n) is 9.63. The number of aromatic nitrogens is 2. The van der Waals surface area contributed by atoms with Gasteiger partial charge in [-0.3, -0.25) is 9.69 Å². The third-order valence-electron chi connectivity index (χ3n) is 6.36. The highest BCUT2D eigenvalue weighted by Crippen LogP contribution is 2.21. The normalized spacial score (nSPS) is 18.6. The first-order valence-corrected chi connectivity index (χ1v) is 12.5. The Balaban J connectivity index is 1.36. The molecule has 1 amide bonds. The molecule has 1 N–H and O–H groups in total. The van der Waals surface area contributed by atoms with Crippen molar-refractivity contribution in [2.75, 3.05) is 39.4 Å². The average molecular weight is 493 g/mol. The molecule has 36 heavy (non-hydrogen) atoms. The molecular formula is C28H36N4O4. The molecule has 192 valence electrons. The Hall–Kier alpha value is -3.36. The van der Waals surface area contributed by atoms with Crippen molar-refractivity contribution in [2.45, 2.75) is 39.0 Å². The van der Waals surface area contributed by atoms with E-state index in [1.807, 2.05) is 66.5 Å². The van der Waals surface area contributed by atoms with Crippen LogP contribution in [0.1, 0.15) is 24.5 Å². The summed E-state index contributed by atoms with van der Waals surface area (Å²) in [6, 6.07) is 15.8. The Labute approximate surface area is 213 Å². The number of rotatable bonds is 10. The fourth-order valence-corrected chi connectivity index (χ4v) is 4.44. The van der Waals surface area contributed by atoms with E-state index in [9.17, 15) is 9.90 Å². The van der Waals surface area contributed by atoms with Crippen LogP contribution in [0, 0.1) is 6.92 Å². The highest BCUT2D eigenvalue weighted by molar-refractivity contribution is 5.73. The Morgan fingerprint density at radius 2 is 1.92 bits per heavy atom. The van der Waals surface area contributed by atoms with E-state index in [0.717, 1.165) is 29.8 Å². The van der Waals surface area contributed by atoms with Crippen molar-refractivity contribution in [2.24, 2.45) is 0 Å². The van der Waals surface area contributed by atoms with Crippen LogP contribution in [-0.4, -0.2) is 75.4 Å². The zero-order valence-corrected chi connectivity index (χ0v) is 21.2. The number of hydrogen-bond acceptors (Lipinski definition) is 6. The van der Waals surface area contributed by atoms with Crippen molar-refractivity contribution in [3.8, 4) is 11.5 Å². The third-order valence-corrected chi connectivity index (χ3v) is 6.36. The van der Waals surface area contributed by atoms with E-state index in [1.54, 1.807) is 18.0 Å². The van der Waals surface area contributed by atoms with Gasteiger partial charge in [0.15, 0.2) is 0 Å². The minimum absolute atomic E-state index is 0.0447. The average Bonchev–Trinajstić information content (AvgIpc) is 3.32. The monoisotopic (exact) mass is 492 g/mol. The molecule has 1 atom stereocenters. The summed E-state index contributed by atoms with van der Waals surface area (Å²) in [5.74, 6) is 1.49. The molecule has 8 heteroatoms.